The van der Waals surface area contributed by atoms with E-state index < -0.39 is 11.5 Å². The van der Waals surface area contributed by atoms with E-state index in [0.29, 0.717) is 22.5 Å². The SMILES string of the molecule is Cc1nn(-c2ccccc2)c(N)c1[C@]1(O)C(=O)N(C(C)C)c2ccccc21. The van der Waals surface area contributed by atoms with Gasteiger partial charge in [0, 0.05) is 11.6 Å². The van der Waals surface area contributed by atoms with E-state index in [-0.39, 0.29) is 11.9 Å². The number of carbonyl (C=O) groups excluding carboxylic acids is 1. The molecule has 6 nitrogen and oxygen atoms in total. The monoisotopic (exact) mass is 362 g/mol. The lowest BCUT2D eigenvalue weighted by molar-refractivity contribution is -0.132. The summed E-state index contributed by atoms with van der Waals surface area (Å²) in [6.45, 7) is 5.60. The Bertz CT molecular complexity index is 1030. The Morgan fingerprint density at radius 1 is 1.07 bits per heavy atom. The number of hydrogen-bond acceptors (Lipinski definition) is 4. The Morgan fingerprint density at radius 3 is 2.37 bits per heavy atom. The molecule has 2 aromatic carbocycles. The van der Waals surface area contributed by atoms with Gasteiger partial charge in [-0.2, -0.15) is 5.10 Å². The van der Waals surface area contributed by atoms with Crippen LogP contribution in [0.15, 0.2) is 54.6 Å². The lowest BCUT2D eigenvalue weighted by Crippen LogP contribution is -2.44. The van der Waals surface area contributed by atoms with Gasteiger partial charge in [-0.15, -0.1) is 0 Å². The fourth-order valence-corrected chi connectivity index (χ4v) is 3.90. The van der Waals surface area contributed by atoms with Crippen molar-refractivity contribution in [2.45, 2.75) is 32.4 Å². The zero-order valence-electron chi connectivity index (χ0n) is 15.5. The van der Waals surface area contributed by atoms with Crippen molar-refractivity contribution in [1.29, 1.82) is 0 Å². The fourth-order valence-electron chi connectivity index (χ4n) is 3.90. The molecule has 4 rings (SSSR count). The molecule has 1 atom stereocenters. The third-order valence-corrected chi connectivity index (χ3v) is 5.06. The molecular formula is C21H22N4O2. The summed E-state index contributed by atoms with van der Waals surface area (Å²) in [4.78, 5) is 15.0. The number of hydrogen-bond donors (Lipinski definition) is 2. The third kappa shape index (κ3) is 2.30. The van der Waals surface area contributed by atoms with Crippen molar-refractivity contribution < 1.29 is 9.90 Å². The second kappa shape index (κ2) is 5.96. The number of nitrogens with zero attached hydrogens (tertiary/aromatic N) is 3. The number of rotatable bonds is 3. The van der Waals surface area contributed by atoms with Crippen molar-refractivity contribution in [2.24, 2.45) is 0 Å². The molecular weight excluding hydrogens is 340 g/mol. The summed E-state index contributed by atoms with van der Waals surface area (Å²) in [5.74, 6) is -0.143. The molecule has 27 heavy (non-hydrogen) atoms. The second-order valence-electron chi connectivity index (χ2n) is 7.09. The maximum Gasteiger partial charge on any atom is 0.268 e. The van der Waals surface area contributed by atoms with Crippen LogP contribution in [-0.4, -0.2) is 26.8 Å². The van der Waals surface area contributed by atoms with Crippen molar-refractivity contribution in [1.82, 2.24) is 9.78 Å². The number of para-hydroxylation sites is 2. The molecule has 0 unspecified atom stereocenters. The van der Waals surface area contributed by atoms with Crippen molar-refractivity contribution >= 4 is 17.4 Å². The first-order valence-corrected chi connectivity index (χ1v) is 8.94. The molecule has 0 aliphatic carbocycles. The first-order valence-electron chi connectivity index (χ1n) is 8.94. The number of carbonyl (C=O) groups is 1. The Labute approximate surface area is 157 Å². The van der Waals surface area contributed by atoms with E-state index in [9.17, 15) is 9.90 Å². The number of nitrogen functional groups attached to an aromatic ring is 1. The van der Waals surface area contributed by atoms with Crippen LogP contribution in [-0.2, 0) is 10.4 Å². The van der Waals surface area contributed by atoms with Crippen LogP contribution in [0.2, 0.25) is 0 Å². The van der Waals surface area contributed by atoms with Gasteiger partial charge in [0.1, 0.15) is 5.82 Å². The summed E-state index contributed by atoms with van der Waals surface area (Å²) < 4.78 is 1.57. The van der Waals surface area contributed by atoms with Gasteiger partial charge in [0.2, 0.25) is 5.60 Å². The number of amides is 1. The largest absolute Gasteiger partial charge is 0.383 e. The standard InChI is InChI=1S/C21H22N4O2/c1-13(2)24-17-12-8-7-11-16(17)21(27,20(24)26)18-14(3)23-25(19(18)22)15-9-5-4-6-10-15/h4-13,27H,22H2,1-3H3/t21-/m0/s1. The van der Waals surface area contributed by atoms with Gasteiger partial charge in [0.15, 0.2) is 0 Å². The first kappa shape index (κ1) is 17.3. The maximum atomic E-state index is 13.4. The molecule has 0 saturated heterocycles. The summed E-state index contributed by atoms with van der Waals surface area (Å²) >= 11 is 0. The maximum absolute atomic E-state index is 13.4. The van der Waals surface area contributed by atoms with Crippen molar-refractivity contribution in [2.75, 3.05) is 10.6 Å². The average Bonchev–Trinajstić information content (AvgIpc) is 3.08. The number of benzene rings is 2. The minimum absolute atomic E-state index is 0.0987. The molecule has 3 aromatic rings. The van der Waals surface area contributed by atoms with Gasteiger partial charge >= 0.3 is 0 Å². The summed E-state index contributed by atoms with van der Waals surface area (Å²) in [7, 11) is 0. The van der Waals surface area contributed by atoms with E-state index in [1.807, 2.05) is 62.4 Å². The molecule has 2 heterocycles. The Morgan fingerprint density at radius 2 is 1.70 bits per heavy atom. The molecule has 1 aromatic heterocycles. The molecule has 3 N–H and O–H groups in total. The topological polar surface area (TPSA) is 84.4 Å². The number of aliphatic hydroxyl groups is 1. The summed E-state index contributed by atoms with van der Waals surface area (Å²) in [6.07, 6.45) is 0. The van der Waals surface area contributed by atoms with Gasteiger partial charge in [0.25, 0.3) is 5.91 Å². The minimum Gasteiger partial charge on any atom is -0.383 e. The Kier molecular flexibility index (Phi) is 3.82. The first-order chi connectivity index (χ1) is 12.9. The number of nitrogens with two attached hydrogens (primary N) is 1. The average molecular weight is 362 g/mol. The smallest absolute Gasteiger partial charge is 0.268 e. The van der Waals surface area contributed by atoms with E-state index in [1.54, 1.807) is 22.6 Å². The van der Waals surface area contributed by atoms with E-state index in [2.05, 4.69) is 5.10 Å². The molecule has 0 radical (unpaired) electrons. The summed E-state index contributed by atoms with van der Waals surface area (Å²) in [5, 5.41) is 16.2. The lowest BCUT2D eigenvalue weighted by Gasteiger charge is -2.26. The van der Waals surface area contributed by atoms with Crippen LogP contribution in [0.25, 0.3) is 5.69 Å². The molecule has 1 amide bonds. The highest BCUT2D eigenvalue weighted by Crippen LogP contribution is 2.47. The van der Waals surface area contributed by atoms with E-state index in [0.717, 1.165) is 5.69 Å². The number of fused-ring (bicyclic) bond motifs is 1. The molecule has 0 fully saturated rings. The van der Waals surface area contributed by atoms with E-state index in [1.165, 1.54) is 0 Å². The van der Waals surface area contributed by atoms with E-state index >= 15 is 0 Å². The summed E-state index contributed by atoms with van der Waals surface area (Å²) in [5.41, 5.74) is 7.42. The molecule has 0 spiro atoms. The predicted molar refractivity (Wildman–Crippen MR) is 105 cm³/mol. The fraction of sp³-hybridized carbons (Fsp3) is 0.238. The van der Waals surface area contributed by atoms with Gasteiger partial charge in [0.05, 0.1) is 22.6 Å². The van der Waals surface area contributed by atoms with Gasteiger partial charge in [-0.25, -0.2) is 4.68 Å². The lowest BCUT2D eigenvalue weighted by atomic mass is 9.87. The number of aryl methyl sites for hydroxylation is 1. The quantitative estimate of drug-likeness (QED) is 0.750. The highest BCUT2D eigenvalue weighted by atomic mass is 16.3. The highest BCUT2D eigenvalue weighted by Gasteiger charge is 2.54. The van der Waals surface area contributed by atoms with Crippen LogP contribution < -0.4 is 10.6 Å². The molecule has 1 aliphatic heterocycles. The second-order valence-corrected chi connectivity index (χ2v) is 7.09. The van der Waals surface area contributed by atoms with Crippen LogP contribution >= 0.6 is 0 Å². The van der Waals surface area contributed by atoms with Crippen LogP contribution in [0.4, 0.5) is 11.5 Å². The molecule has 138 valence electrons. The van der Waals surface area contributed by atoms with Gasteiger partial charge in [-0.05, 0) is 39.0 Å². The van der Waals surface area contributed by atoms with Crippen LogP contribution in [0.3, 0.4) is 0 Å². The van der Waals surface area contributed by atoms with Crippen LogP contribution in [0.5, 0.6) is 0 Å². The zero-order valence-corrected chi connectivity index (χ0v) is 15.5. The van der Waals surface area contributed by atoms with Gasteiger partial charge < -0.3 is 15.7 Å². The summed E-state index contributed by atoms with van der Waals surface area (Å²) in [6, 6.07) is 16.6. The molecule has 0 bridgehead atoms. The Balaban J connectivity index is 1.96. The predicted octanol–water partition coefficient (Wildman–Crippen LogP) is 2.75. The molecule has 0 saturated carbocycles. The number of anilines is 2. The minimum atomic E-state index is -1.86. The van der Waals surface area contributed by atoms with Gasteiger partial charge in [-0.3, -0.25) is 4.79 Å². The van der Waals surface area contributed by atoms with E-state index in [4.69, 9.17) is 5.73 Å². The van der Waals surface area contributed by atoms with Crippen molar-refractivity contribution in [3.05, 3.63) is 71.4 Å². The van der Waals surface area contributed by atoms with Crippen LogP contribution in [0, 0.1) is 6.92 Å². The van der Waals surface area contributed by atoms with Crippen LogP contribution in [0.1, 0.15) is 30.7 Å². The molecule has 1 aliphatic rings. The normalized spacial score (nSPS) is 19.0. The highest BCUT2D eigenvalue weighted by molar-refractivity contribution is 6.10. The van der Waals surface area contributed by atoms with Crippen molar-refractivity contribution in [3.63, 3.8) is 0 Å². The Hall–Kier alpha value is -3.12. The zero-order chi connectivity index (χ0) is 19.3. The number of aromatic nitrogens is 2. The van der Waals surface area contributed by atoms with Crippen molar-refractivity contribution in [3.8, 4) is 5.69 Å². The molecule has 6 heteroatoms. The third-order valence-electron chi connectivity index (χ3n) is 5.06. The van der Waals surface area contributed by atoms with Gasteiger partial charge in [-0.1, -0.05) is 36.4 Å².